The monoisotopic (exact) mass is 1040 g/mol. The average Bonchev–Trinajstić information content (AvgIpc) is 4.20. The van der Waals surface area contributed by atoms with Crippen molar-refractivity contribution in [3.8, 4) is 0 Å². The number of imidazole rings is 1. The van der Waals surface area contributed by atoms with Gasteiger partial charge in [0.2, 0.25) is 11.3 Å². The van der Waals surface area contributed by atoms with Gasteiger partial charge in [-0.05, 0) is 87.3 Å². The van der Waals surface area contributed by atoms with E-state index in [0.29, 0.717) is 69.6 Å². The smallest absolute Gasteiger partial charge is 0.220 e. The Morgan fingerprint density at radius 2 is 0.750 bits per heavy atom. The maximum Gasteiger partial charge on any atom is 0.220 e. The van der Waals surface area contributed by atoms with Crippen LogP contribution < -0.4 is 28.7 Å². The summed E-state index contributed by atoms with van der Waals surface area (Å²) in [5.74, 6) is 9.16. The topological polar surface area (TPSA) is 333 Å². The van der Waals surface area contributed by atoms with E-state index in [4.69, 9.17) is 28.7 Å². The quantitative estimate of drug-likeness (QED) is 0.108. The Morgan fingerprint density at radius 3 is 1.28 bits per heavy atom. The van der Waals surface area contributed by atoms with E-state index in [9.17, 15) is 0 Å². The summed E-state index contributed by atoms with van der Waals surface area (Å²) in [5.41, 5.74) is 43.7. The van der Waals surface area contributed by atoms with Crippen LogP contribution in [0, 0.1) is 76.2 Å². The van der Waals surface area contributed by atoms with E-state index in [-0.39, 0.29) is 5.92 Å². The van der Waals surface area contributed by atoms with Crippen LogP contribution in [-0.4, -0.2) is 92.9 Å². The summed E-state index contributed by atoms with van der Waals surface area (Å²) in [4.78, 5) is 21.6. The molecule has 0 atom stereocenters. The molecule has 24 heteroatoms. The van der Waals surface area contributed by atoms with E-state index in [1.807, 2.05) is 71.1 Å². The summed E-state index contributed by atoms with van der Waals surface area (Å²) in [6.45, 7) is 42.7. The lowest BCUT2D eigenvalue weighted by atomic mass is 10.1. The fraction of sp³-hybridized carbons (Fsp3) is 0.500. The first-order valence-corrected chi connectivity index (χ1v) is 25.5. The molecule has 406 valence electrons. The van der Waals surface area contributed by atoms with Gasteiger partial charge in [0, 0.05) is 46.7 Å². The summed E-state index contributed by atoms with van der Waals surface area (Å²) >= 11 is 0. The van der Waals surface area contributed by atoms with Gasteiger partial charge in [0.1, 0.15) is 46.3 Å². The molecule has 0 bridgehead atoms. The number of fused-ring (bicyclic) bond motifs is 5. The second-order valence-corrected chi connectivity index (χ2v) is 20.7. The summed E-state index contributed by atoms with van der Waals surface area (Å²) in [6, 6.07) is 0. The molecule has 0 aliphatic carbocycles. The van der Waals surface area contributed by atoms with E-state index in [2.05, 4.69) is 156 Å². The van der Waals surface area contributed by atoms with Crippen molar-refractivity contribution in [2.24, 2.45) is 0 Å². The normalized spacial score (nSPS) is 11.6. The second-order valence-electron chi connectivity index (χ2n) is 20.7. The Labute approximate surface area is 443 Å². The van der Waals surface area contributed by atoms with E-state index < -0.39 is 0 Å². The van der Waals surface area contributed by atoms with Crippen LogP contribution in [0.2, 0.25) is 0 Å². The first-order chi connectivity index (χ1) is 35.5. The lowest BCUT2D eigenvalue weighted by molar-refractivity contribution is 0.708. The molecule has 0 unspecified atom stereocenters. The van der Waals surface area contributed by atoms with Gasteiger partial charge in [0.05, 0.1) is 34.2 Å². The maximum atomic E-state index is 6.08. The van der Waals surface area contributed by atoms with Crippen LogP contribution in [0.25, 0.3) is 28.1 Å². The van der Waals surface area contributed by atoms with Gasteiger partial charge in [-0.25, -0.2) is 24.9 Å². The number of pyridine rings is 1. The van der Waals surface area contributed by atoms with Gasteiger partial charge in [0.15, 0.2) is 28.8 Å². The molecule has 76 heavy (non-hydrogen) atoms. The summed E-state index contributed by atoms with van der Waals surface area (Å²) in [7, 11) is 0. The third-order valence-corrected chi connectivity index (χ3v) is 13.3. The lowest BCUT2D eigenvalue weighted by Crippen LogP contribution is -2.06. The van der Waals surface area contributed by atoms with Crippen LogP contribution in [0.4, 0.5) is 28.8 Å². The molecule has 0 fully saturated rings. The van der Waals surface area contributed by atoms with Crippen LogP contribution in [0.1, 0.15) is 191 Å². The Kier molecular flexibility index (Phi) is 16.8. The van der Waals surface area contributed by atoms with Crippen molar-refractivity contribution >= 4 is 56.9 Å². The van der Waals surface area contributed by atoms with Gasteiger partial charge < -0.3 is 28.7 Å². The molecule has 0 spiro atoms. The molecule has 0 aliphatic heterocycles. The predicted molar refractivity (Wildman–Crippen MR) is 301 cm³/mol. The van der Waals surface area contributed by atoms with Crippen molar-refractivity contribution in [1.29, 1.82) is 0 Å². The van der Waals surface area contributed by atoms with Crippen LogP contribution in [0.3, 0.4) is 0 Å². The van der Waals surface area contributed by atoms with Crippen LogP contribution in [-0.2, 0) is 0 Å². The highest BCUT2D eigenvalue weighted by Gasteiger charge is 2.21. The number of nitrogen functional groups attached to an aromatic ring is 5. The van der Waals surface area contributed by atoms with E-state index >= 15 is 0 Å². The zero-order chi connectivity index (χ0) is 56.7. The highest BCUT2D eigenvalue weighted by molar-refractivity contribution is 5.72. The molecule has 10 heterocycles. The summed E-state index contributed by atoms with van der Waals surface area (Å²) in [5, 5.41) is 37.1. The average molecular weight is 1040 g/mol. The number of aromatic nitrogens is 19. The Hall–Kier alpha value is -8.18. The molecule has 10 aromatic heterocycles. The number of nitrogens with two attached hydrogens (primary N) is 5. The fourth-order valence-corrected chi connectivity index (χ4v) is 8.66. The number of hydrogen-bond acceptors (Lipinski definition) is 19. The van der Waals surface area contributed by atoms with Crippen molar-refractivity contribution in [1.82, 2.24) is 92.9 Å². The number of nitrogens with zero attached hydrogens (tertiary/aromatic N) is 19. The summed E-state index contributed by atoms with van der Waals surface area (Å²) in [6.07, 6.45) is 0. The molecular weight excluding hydrogens is 961 g/mol. The third kappa shape index (κ3) is 10.8. The van der Waals surface area contributed by atoms with Crippen LogP contribution in [0.15, 0.2) is 0 Å². The molecular formula is C52H78N24. The van der Waals surface area contributed by atoms with Gasteiger partial charge in [0.25, 0.3) is 0 Å². The molecule has 0 saturated heterocycles. The number of hydrogen-bond donors (Lipinski definition) is 5. The van der Waals surface area contributed by atoms with Gasteiger partial charge in [-0.1, -0.05) is 69.2 Å². The minimum atomic E-state index is 0.263. The zero-order valence-corrected chi connectivity index (χ0v) is 48.3. The number of anilines is 5. The molecule has 10 rings (SSSR count). The van der Waals surface area contributed by atoms with Crippen molar-refractivity contribution in [3.63, 3.8) is 0 Å². The minimum absolute atomic E-state index is 0.263. The Balaban J connectivity index is 0.000000154. The van der Waals surface area contributed by atoms with Crippen molar-refractivity contribution < 1.29 is 0 Å². The van der Waals surface area contributed by atoms with Gasteiger partial charge in [-0.3, -0.25) is 17.6 Å². The molecule has 0 aliphatic rings. The highest BCUT2D eigenvalue weighted by atomic mass is 15.4. The SMILES string of the molecule is Cc1c(C)c(C)n2c(C(C)C)nnc2c1N.Cc1nc(C)n2c(C(C)C)nnc2c1N.Cc1nc(N)c2c(C)nc(C(C)C)n2c1C.Cc1nc(N)c2nnc(C(C)C)n2c1C.Cc1nc(N)c2nnc(C(C)C)n2n1. The summed E-state index contributed by atoms with van der Waals surface area (Å²) < 4.78 is 9.78. The lowest BCUT2D eigenvalue weighted by Gasteiger charge is -2.13. The maximum absolute atomic E-state index is 6.08. The van der Waals surface area contributed by atoms with Gasteiger partial charge >= 0.3 is 0 Å². The van der Waals surface area contributed by atoms with E-state index in [1.54, 1.807) is 11.4 Å². The molecule has 0 aromatic carbocycles. The fourth-order valence-electron chi connectivity index (χ4n) is 8.66. The van der Waals surface area contributed by atoms with E-state index in [0.717, 1.165) is 91.5 Å². The van der Waals surface area contributed by atoms with Crippen molar-refractivity contribution in [3.05, 3.63) is 91.8 Å². The largest absolute Gasteiger partial charge is 0.395 e. The van der Waals surface area contributed by atoms with Crippen LogP contribution in [0.5, 0.6) is 0 Å². The van der Waals surface area contributed by atoms with Crippen molar-refractivity contribution in [2.45, 2.75) is 175 Å². The molecule has 10 aromatic rings. The Morgan fingerprint density at radius 1 is 0.329 bits per heavy atom. The van der Waals surface area contributed by atoms with Gasteiger partial charge in [-0.2, -0.15) is 4.52 Å². The second kappa shape index (κ2) is 22.3. The Bertz CT molecular complexity index is 3730. The molecule has 10 N–H and O–H groups in total. The molecule has 0 amide bonds. The molecule has 24 nitrogen and oxygen atoms in total. The number of rotatable bonds is 5. The van der Waals surface area contributed by atoms with Crippen molar-refractivity contribution in [2.75, 3.05) is 28.7 Å². The molecule has 0 radical (unpaired) electrons. The predicted octanol–water partition coefficient (Wildman–Crippen LogP) is 8.15. The first kappa shape index (κ1) is 57.1. The number of aryl methyl sites for hydroxylation is 9. The zero-order valence-electron chi connectivity index (χ0n) is 48.3. The first-order valence-electron chi connectivity index (χ1n) is 25.5. The van der Waals surface area contributed by atoms with Gasteiger partial charge in [-0.15, -0.1) is 45.9 Å². The van der Waals surface area contributed by atoms with E-state index in [1.165, 1.54) is 11.3 Å². The highest BCUT2D eigenvalue weighted by Crippen LogP contribution is 2.28. The third-order valence-electron chi connectivity index (χ3n) is 13.3. The molecule has 0 saturated carbocycles. The standard InChI is InChI=1S/2C12H18N4.2C10H15N5.C8H12N6/c1-6(2)12-15-8(4)10-11(13)14-7(3)9(5)16(10)12;1-6(2)11-14-15-12-10(13)8(4)7(3)9(5)16(11)12;1-5(2)9-13-14-10-8(11)6(3)12-7(4)15(9)10;1-5(2)9-13-14-10-8(11)12-6(3)7(4)15(9)10;1-4(2)7-11-12-8-6(9)10-5(3)13-14(7)8/h6H,1-5H3,(H2,13,14);6H,13H2,1-5H3;5H,11H2,1-4H3;5H,1-4H3,(H2,11,12);4H,1-3H3,(H2,9,10,13). The minimum Gasteiger partial charge on any atom is -0.395 e. The van der Waals surface area contributed by atoms with Crippen LogP contribution >= 0.6 is 0 Å².